The van der Waals surface area contributed by atoms with E-state index in [2.05, 4.69) is 10.6 Å². The fraction of sp³-hybridized carbons (Fsp3) is 0.222. The van der Waals surface area contributed by atoms with Crippen LogP contribution in [0.3, 0.4) is 0 Å². The molecule has 0 saturated heterocycles. The van der Waals surface area contributed by atoms with E-state index in [1.165, 1.54) is 0 Å². The Bertz CT molecular complexity index is 698. The third-order valence-corrected chi connectivity index (χ3v) is 3.23. The van der Waals surface area contributed by atoms with Crippen LogP contribution >= 0.6 is 0 Å². The van der Waals surface area contributed by atoms with E-state index < -0.39 is 11.8 Å². The molecule has 0 unspecified atom stereocenters. The van der Waals surface area contributed by atoms with Gasteiger partial charge in [0.1, 0.15) is 5.75 Å². The average molecular weight is 312 g/mol. The van der Waals surface area contributed by atoms with Crippen molar-refractivity contribution in [1.29, 1.82) is 0 Å². The Morgan fingerprint density at radius 2 is 1.70 bits per heavy atom. The van der Waals surface area contributed by atoms with Gasteiger partial charge in [0, 0.05) is 5.69 Å². The molecule has 120 valence electrons. The Labute approximate surface area is 135 Å². The summed E-state index contributed by atoms with van der Waals surface area (Å²) in [5.74, 6) is -0.923. The van der Waals surface area contributed by atoms with Gasteiger partial charge in [-0.05, 0) is 43.2 Å². The third-order valence-electron chi connectivity index (χ3n) is 3.23. The molecule has 0 aliphatic carbocycles. The number of anilines is 2. The number of carbonyl (C=O) groups is 2. The van der Waals surface area contributed by atoms with Gasteiger partial charge in [-0.3, -0.25) is 9.59 Å². The Morgan fingerprint density at radius 3 is 2.43 bits per heavy atom. The molecule has 0 bridgehead atoms. The smallest absolute Gasteiger partial charge is 0.314 e. The van der Waals surface area contributed by atoms with Crippen molar-refractivity contribution in [1.82, 2.24) is 0 Å². The summed E-state index contributed by atoms with van der Waals surface area (Å²) in [6.45, 7) is 4.35. The van der Waals surface area contributed by atoms with Gasteiger partial charge in [0.25, 0.3) is 0 Å². The number of carbonyl (C=O) groups excluding carboxylic acids is 2. The van der Waals surface area contributed by atoms with E-state index in [1.807, 2.05) is 32.0 Å². The molecule has 5 nitrogen and oxygen atoms in total. The first-order valence-corrected chi connectivity index (χ1v) is 7.57. The van der Waals surface area contributed by atoms with Crippen LogP contribution in [0.1, 0.15) is 19.4 Å². The number of hydrogen-bond acceptors (Lipinski definition) is 3. The largest absolute Gasteiger partial charge is 0.492 e. The monoisotopic (exact) mass is 312 g/mol. The maximum Gasteiger partial charge on any atom is 0.314 e. The molecule has 0 aromatic heterocycles. The van der Waals surface area contributed by atoms with Crippen molar-refractivity contribution in [3.63, 3.8) is 0 Å². The van der Waals surface area contributed by atoms with E-state index >= 15 is 0 Å². The summed E-state index contributed by atoms with van der Waals surface area (Å²) < 4.78 is 5.42. The number of para-hydroxylation sites is 2. The van der Waals surface area contributed by atoms with E-state index in [-0.39, 0.29) is 0 Å². The normalized spacial score (nSPS) is 10.0. The summed E-state index contributed by atoms with van der Waals surface area (Å²) in [5, 5.41) is 5.16. The van der Waals surface area contributed by atoms with Crippen LogP contribution in [-0.2, 0) is 16.0 Å². The van der Waals surface area contributed by atoms with Crippen molar-refractivity contribution >= 4 is 23.2 Å². The minimum Gasteiger partial charge on any atom is -0.492 e. The number of nitrogens with one attached hydrogen (secondary N) is 2. The van der Waals surface area contributed by atoms with Gasteiger partial charge in [-0.15, -0.1) is 0 Å². The zero-order chi connectivity index (χ0) is 16.7. The standard InChI is InChI=1S/C18H20N2O3/c1-3-13-8-7-9-14(12-13)19-17(21)18(22)20-15-10-5-6-11-16(15)23-4-2/h5-12H,3-4H2,1-2H3,(H,19,21)(H,20,22). The lowest BCUT2D eigenvalue weighted by Crippen LogP contribution is -2.29. The topological polar surface area (TPSA) is 67.4 Å². The first kappa shape index (κ1) is 16.5. The van der Waals surface area contributed by atoms with Crippen LogP contribution in [0.25, 0.3) is 0 Å². The van der Waals surface area contributed by atoms with Crippen LogP contribution in [0.4, 0.5) is 11.4 Å². The predicted octanol–water partition coefficient (Wildman–Crippen LogP) is 3.22. The highest BCUT2D eigenvalue weighted by Crippen LogP contribution is 2.23. The minimum absolute atomic E-state index is 0.469. The van der Waals surface area contributed by atoms with E-state index in [0.717, 1.165) is 12.0 Å². The van der Waals surface area contributed by atoms with Crippen LogP contribution in [0.2, 0.25) is 0 Å². The van der Waals surface area contributed by atoms with Gasteiger partial charge in [0.2, 0.25) is 0 Å². The maximum atomic E-state index is 12.0. The van der Waals surface area contributed by atoms with Gasteiger partial charge in [-0.25, -0.2) is 0 Å². The summed E-state index contributed by atoms with van der Waals surface area (Å²) in [7, 11) is 0. The molecule has 2 amide bonds. The molecular weight excluding hydrogens is 292 g/mol. The minimum atomic E-state index is -0.737. The molecule has 0 atom stereocenters. The van der Waals surface area contributed by atoms with Crippen molar-refractivity contribution in [2.24, 2.45) is 0 Å². The van der Waals surface area contributed by atoms with Crippen LogP contribution in [-0.4, -0.2) is 18.4 Å². The molecule has 0 radical (unpaired) electrons. The molecule has 5 heteroatoms. The van der Waals surface area contributed by atoms with Crippen molar-refractivity contribution in [2.75, 3.05) is 17.2 Å². The molecule has 0 saturated carbocycles. The molecule has 0 heterocycles. The molecule has 2 aromatic carbocycles. The summed E-state index contributed by atoms with van der Waals surface area (Å²) in [6, 6.07) is 14.4. The number of aryl methyl sites for hydroxylation is 1. The second-order valence-corrected chi connectivity index (χ2v) is 4.89. The molecule has 2 N–H and O–H groups in total. The zero-order valence-electron chi connectivity index (χ0n) is 13.3. The number of rotatable bonds is 5. The summed E-state index contributed by atoms with van der Waals surface area (Å²) >= 11 is 0. The third kappa shape index (κ3) is 4.57. The van der Waals surface area contributed by atoms with Gasteiger partial charge in [-0.2, -0.15) is 0 Å². The highest BCUT2D eigenvalue weighted by atomic mass is 16.5. The maximum absolute atomic E-state index is 12.0. The van der Waals surface area contributed by atoms with Gasteiger partial charge in [0.15, 0.2) is 0 Å². The van der Waals surface area contributed by atoms with Gasteiger partial charge in [0.05, 0.1) is 12.3 Å². The molecule has 0 aliphatic rings. The summed E-state index contributed by atoms with van der Waals surface area (Å²) in [6.07, 6.45) is 0.859. The molecular formula is C18H20N2O3. The number of amides is 2. The SMILES string of the molecule is CCOc1ccccc1NC(=O)C(=O)Nc1cccc(CC)c1. The number of hydrogen-bond donors (Lipinski definition) is 2. The van der Waals surface area contributed by atoms with Crippen LogP contribution in [0.5, 0.6) is 5.75 Å². The summed E-state index contributed by atoms with van der Waals surface area (Å²) in [4.78, 5) is 24.1. The Balaban J connectivity index is 2.04. The Morgan fingerprint density at radius 1 is 0.957 bits per heavy atom. The van der Waals surface area contributed by atoms with Gasteiger partial charge in [-0.1, -0.05) is 31.2 Å². The Hall–Kier alpha value is -2.82. The fourth-order valence-corrected chi connectivity index (χ4v) is 2.09. The van der Waals surface area contributed by atoms with E-state index in [4.69, 9.17) is 4.74 Å². The van der Waals surface area contributed by atoms with Crippen molar-refractivity contribution in [3.05, 3.63) is 54.1 Å². The van der Waals surface area contributed by atoms with Gasteiger partial charge >= 0.3 is 11.8 Å². The van der Waals surface area contributed by atoms with E-state index in [0.29, 0.717) is 23.7 Å². The lowest BCUT2D eigenvalue weighted by atomic mass is 10.1. The van der Waals surface area contributed by atoms with Crippen molar-refractivity contribution in [3.8, 4) is 5.75 Å². The average Bonchev–Trinajstić information content (AvgIpc) is 2.57. The van der Waals surface area contributed by atoms with E-state index in [1.54, 1.807) is 30.3 Å². The fourth-order valence-electron chi connectivity index (χ4n) is 2.09. The highest BCUT2D eigenvalue weighted by molar-refractivity contribution is 6.43. The first-order chi connectivity index (χ1) is 11.1. The second kappa shape index (κ2) is 7.98. The Kier molecular flexibility index (Phi) is 5.74. The number of ether oxygens (including phenoxy) is 1. The molecule has 0 spiro atoms. The lowest BCUT2D eigenvalue weighted by molar-refractivity contribution is -0.133. The number of benzene rings is 2. The highest BCUT2D eigenvalue weighted by Gasteiger charge is 2.16. The molecule has 0 aliphatic heterocycles. The van der Waals surface area contributed by atoms with E-state index in [9.17, 15) is 9.59 Å². The van der Waals surface area contributed by atoms with Crippen LogP contribution < -0.4 is 15.4 Å². The zero-order valence-corrected chi connectivity index (χ0v) is 13.3. The predicted molar refractivity (Wildman–Crippen MR) is 90.7 cm³/mol. The molecule has 0 fully saturated rings. The van der Waals surface area contributed by atoms with Crippen molar-refractivity contribution in [2.45, 2.75) is 20.3 Å². The second-order valence-electron chi connectivity index (χ2n) is 4.89. The molecule has 2 aromatic rings. The lowest BCUT2D eigenvalue weighted by Gasteiger charge is -2.11. The summed E-state index contributed by atoms with van der Waals surface area (Å²) in [5.41, 5.74) is 2.16. The molecule has 23 heavy (non-hydrogen) atoms. The quantitative estimate of drug-likeness (QED) is 0.833. The molecule has 2 rings (SSSR count). The first-order valence-electron chi connectivity index (χ1n) is 7.57. The van der Waals surface area contributed by atoms with Crippen molar-refractivity contribution < 1.29 is 14.3 Å². The van der Waals surface area contributed by atoms with Crippen LogP contribution in [0, 0.1) is 0 Å². The van der Waals surface area contributed by atoms with Gasteiger partial charge < -0.3 is 15.4 Å². The van der Waals surface area contributed by atoms with Crippen LogP contribution in [0.15, 0.2) is 48.5 Å².